The molecular formula is C17H25NO. The molecule has 1 aromatic rings. The standard InChI is InChI=1S/C17H25NO/c1-4-6-7-8-14(3)17(19)18-13-16-11-9-15(5-2)10-12-16/h5,9-12,14H,2,4,6-8,13H2,1,3H3,(H,18,19). The molecule has 19 heavy (non-hydrogen) atoms. The van der Waals surface area contributed by atoms with Gasteiger partial charge in [0.1, 0.15) is 0 Å². The first-order valence-electron chi connectivity index (χ1n) is 7.16. The zero-order valence-corrected chi connectivity index (χ0v) is 12.1. The lowest BCUT2D eigenvalue weighted by Crippen LogP contribution is -2.28. The van der Waals surface area contributed by atoms with Crippen molar-refractivity contribution in [2.24, 2.45) is 5.92 Å². The van der Waals surface area contributed by atoms with Gasteiger partial charge in [-0.25, -0.2) is 0 Å². The number of carbonyl (C=O) groups excluding carboxylic acids is 1. The molecule has 2 nitrogen and oxygen atoms in total. The predicted octanol–water partition coefficient (Wildman–Crippen LogP) is 4.16. The van der Waals surface area contributed by atoms with Crippen molar-refractivity contribution in [2.75, 3.05) is 0 Å². The highest BCUT2D eigenvalue weighted by molar-refractivity contribution is 5.78. The molecule has 0 aliphatic carbocycles. The maximum Gasteiger partial charge on any atom is 0.223 e. The maximum atomic E-state index is 11.9. The molecule has 1 amide bonds. The quantitative estimate of drug-likeness (QED) is 0.698. The van der Waals surface area contributed by atoms with Gasteiger partial charge in [0.25, 0.3) is 0 Å². The predicted molar refractivity (Wildman–Crippen MR) is 81.7 cm³/mol. The Hall–Kier alpha value is -1.57. The molecule has 0 heterocycles. The number of rotatable bonds is 8. The monoisotopic (exact) mass is 259 g/mol. The Balaban J connectivity index is 2.33. The molecule has 0 saturated heterocycles. The van der Waals surface area contributed by atoms with Gasteiger partial charge < -0.3 is 5.32 Å². The van der Waals surface area contributed by atoms with Gasteiger partial charge in [-0.15, -0.1) is 0 Å². The molecule has 0 aliphatic heterocycles. The fourth-order valence-corrected chi connectivity index (χ4v) is 1.97. The molecule has 1 atom stereocenters. The lowest BCUT2D eigenvalue weighted by atomic mass is 10.0. The Labute approximate surface area is 116 Å². The third kappa shape index (κ3) is 5.73. The topological polar surface area (TPSA) is 29.1 Å². The molecule has 1 aromatic carbocycles. The second-order valence-corrected chi connectivity index (χ2v) is 5.06. The molecule has 1 N–H and O–H groups in total. The van der Waals surface area contributed by atoms with Crippen molar-refractivity contribution >= 4 is 12.0 Å². The number of unbranched alkanes of at least 4 members (excludes halogenated alkanes) is 2. The average Bonchev–Trinajstić information content (AvgIpc) is 2.45. The number of hydrogen-bond donors (Lipinski definition) is 1. The van der Waals surface area contributed by atoms with Crippen LogP contribution in [0.2, 0.25) is 0 Å². The smallest absolute Gasteiger partial charge is 0.223 e. The maximum absolute atomic E-state index is 11.9. The molecule has 1 unspecified atom stereocenters. The van der Waals surface area contributed by atoms with Crippen molar-refractivity contribution < 1.29 is 4.79 Å². The summed E-state index contributed by atoms with van der Waals surface area (Å²) in [6.45, 7) is 8.51. The summed E-state index contributed by atoms with van der Waals surface area (Å²) in [7, 11) is 0. The van der Waals surface area contributed by atoms with Gasteiger partial charge in [-0.05, 0) is 17.5 Å². The van der Waals surface area contributed by atoms with E-state index in [2.05, 4.69) is 18.8 Å². The molecule has 0 bridgehead atoms. The number of carbonyl (C=O) groups is 1. The Morgan fingerprint density at radius 3 is 2.58 bits per heavy atom. The van der Waals surface area contributed by atoms with Gasteiger partial charge in [0.05, 0.1) is 0 Å². The molecule has 0 aromatic heterocycles. The Bertz CT molecular complexity index is 394. The van der Waals surface area contributed by atoms with Gasteiger partial charge in [-0.2, -0.15) is 0 Å². The van der Waals surface area contributed by atoms with E-state index >= 15 is 0 Å². The summed E-state index contributed by atoms with van der Waals surface area (Å²) in [5.74, 6) is 0.267. The highest BCUT2D eigenvalue weighted by Gasteiger charge is 2.11. The number of nitrogens with one attached hydrogen (secondary N) is 1. The molecule has 1 rings (SSSR count). The second kappa shape index (κ2) is 8.52. The summed E-state index contributed by atoms with van der Waals surface area (Å²) in [6.07, 6.45) is 6.34. The molecule has 0 aliphatic rings. The van der Waals surface area contributed by atoms with Crippen molar-refractivity contribution in [1.82, 2.24) is 5.32 Å². The first kappa shape index (κ1) is 15.5. The number of amides is 1. The fourth-order valence-electron chi connectivity index (χ4n) is 1.97. The second-order valence-electron chi connectivity index (χ2n) is 5.06. The van der Waals surface area contributed by atoms with E-state index in [1.165, 1.54) is 12.8 Å². The van der Waals surface area contributed by atoms with Crippen LogP contribution in [0.4, 0.5) is 0 Å². The van der Waals surface area contributed by atoms with E-state index in [0.29, 0.717) is 6.54 Å². The average molecular weight is 259 g/mol. The van der Waals surface area contributed by atoms with E-state index in [0.717, 1.165) is 24.0 Å². The number of benzene rings is 1. The van der Waals surface area contributed by atoms with Crippen LogP contribution < -0.4 is 5.32 Å². The summed E-state index contributed by atoms with van der Waals surface area (Å²) in [4.78, 5) is 11.9. The van der Waals surface area contributed by atoms with E-state index in [4.69, 9.17) is 0 Å². The highest BCUT2D eigenvalue weighted by atomic mass is 16.1. The Morgan fingerprint density at radius 2 is 2.00 bits per heavy atom. The Morgan fingerprint density at radius 1 is 1.32 bits per heavy atom. The van der Waals surface area contributed by atoms with Crippen LogP contribution in [-0.2, 0) is 11.3 Å². The van der Waals surface area contributed by atoms with Gasteiger partial charge in [-0.1, -0.05) is 70.0 Å². The summed E-state index contributed by atoms with van der Waals surface area (Å²) >= 11 is 0. The van der Waals surface area contributed by atoms with Gasteiger partial charge in [-0.3, -0.25) is 4.79 Å². The SMILES string of the molecule is C=Cc1ccc(CNC(=O)C(C)CCCCC)cc1. The van der Waals surface area contributed by atoms with E-state index in [9.17, 15) is 4.79 Å². The first-order valence-corrected chi connectivity index (χ1v) is 7.16. The number of hydrogen-bond acceptors (Lipinski definition) is 1. The molecule has 2 heteroatoms. The molecule has 0 spiro atoms. The van der Waals surface area contributed by atoms with E-state index in [-0.39, 0.29) is 11.8 Å². The molecular weight excluding hydrogens is 234 g/mol. The summed E-state index contributed by atoms with van der Waals surface area (Å²) in [5, 5.41) is 3.00. The zero-order chi connectivity index (χ0) is 14.1. The van der Waals surface area contributed by atoms with Crippen molar-refractivity contribution in [3.05, 3.63) is 42.0 Å². The lowest BCUT2D eigenvalue weighted by molar-refractivity contribution is -0.124. The third-order valence-corrected chi connectivity index (χ3v) is 3.37. The molecule has 104 valence electrons. The normalized spacial score (nSPS) is 11.9. The summed E-state index contributed by atoms with van der Waals surface area (Å²) in [5.41, 5.74) is 2.22. The minimum absolute atomic E-state index is 0.110. The van der Waals surface area contributed by atoms with Crippen molar-refractivity contribution in [2.45, 2.75) is 46.1 Å². The lowest BCUT2D eigenvalue weighted by Gasteiger charge is -2.12. The largest absolute Gasteiger partial charge is 0.352 e. The summed E-state index contributed by atoms with van der Waals surface area (Å²) in [6, 6.07) is 8.08. The van der Waals surface area contributed by atoms with Crippen LogP contribution in [0, 0.1) is 5.92 Å². The van der Waals surface area contributed by atoms with E-state index in [1.807, 2.05) is 37.3 Å². The van der Waals surface area contributed by atoms with Gasteiger partial charge in [0.2, 0.25) is 5.91 Å². The van der Waals surface area contributed by atoms with Crippen molar-refractivity contribution in [1.29, 1.82) is 0 Å². The van der Waals surface area contributed by atoms with Gasteiger partial charge in [0.15, 0.2) is 0 Å². The molecule has 0 fully saturated rings. The summed E-state index contributed by atoms with van der Waals surface area (Å²) < 4.78 is 0. The minimum atomic E-state index is 0.110. The van der Waals surface area contributed by atoms with Crippen LogP contribution in [-0.4, -0.2) is 5.91 Å². The van der Waals surface area contributed by atoms with Crippen LogP contribution in [0.3, 0.4) is 0 Å². The van der Waals surface area contributed by atoms with E-state index in [1.54, 1.807) is 0 Å². The van der Waals surface area contributed by atoms with Crippen molar-refractivity contribution in [3.8, 4) is 0 Å². The third-order valence-electron chi connectivity index (χ3n) is 3.37. The van der Waals surface area contributed by atoms with Crippen LogP contribution in [0.1, 0.15) is 50.7 Å². The van der Waals surface area contributed by atoms with E-state index < -0.39 is 0 Å². The zero-order valence-electron chi connectivity index (χ0n) is 12.1. The first-order chi connectivity index (χ1) is 9.17. The van der Waals surface area contributed by atoms with Gasteiger partial charge in [0, 0.05) is 12.5 Å². The van der Waals surface area contributed by atoms with Crippen molar-refractivity contribution in [3.63, 3.8) is 0 Å². The Kier molecular flexibility index (Phi) is 6.94. The highest BCUT2D eigenvalue weighted by Crippen LogP contribution is 2.10. The van der Waals surface area contributed by atoms with Crippen LogP contribution >= 0.6 is 0 Å². The van der Waals surface area contributed by atoms with Crippen LogP contribution in [0.5, 0.6) is 0 Å². The minimum Gasteiger partial charge on any atom is -0.352 e. The van der Waals surface area contributed by atoms with Crippen LogP contribution in [0.15, 0.2) is 30.8 Å². The molecule has 0 saturated carbocycles. The van der Waals surface area contributed by atoms with Gasteiger partial charge >= 0.3 is 0 Å². The van der Waals surface area contributed by atoms with Crippen LogP contribution in [0.25, 0.3) is 6.08 Å². The fraction of sp³-hybridized carbons (Fsp3) is 0.471. The molecule has 0 radical (unpaired) electrons.